The minimum absolute atomic E-state index is 0. The SMILES string of the molecule is CCNC(=NCCCCN(C)C(C)C)NCCc1ncc(CC)s1.I. The van der Waals surface area contributed by atoms with Crippen molar-refractivity contribution in [2.24, 2.45) is 4.99 Å². The molecule has 1 aromatic heterocycles. The average molecular weight is 481 g/mol. The molecule has 0 saturated carbocycles. The number of thiazole rings is 1. The highest BCUT2D eigenvalue weighted by molar-refractivity contribution is 14.0. The number of aliphatic imine (C=N–C) groups is 1. The molecule has 0 aliphatic heterocycles. The third kappa shape index (κ3) is 11.0. The molecule has 0 aromatic carbocycles. The molecule has 146 valence electrons. The Morgan fingerprint density at radius 1 is 1.28 bits per heavy atom. The third-order valence-corrected chi connectivity index (χ3v) is 5.20. The number of halogens is 1. The molecule has 0 aliphatic carbocycles. The van der Waals surface area contributed by atoms with Crippen LogP contribution in [0, 0.1) is 0 Å². The van der Waals surface area contributed by atoms with Crippen molar-refractivity contribution < 1.29 is 0 Å². The lowest BCUT2D eigenvalue weighted by molar-refractivity contribution is 0.269. The van der Waals surface area contributed by atoms with Crippen LogP contribution in [0.15, 0.2) is 11.2 Å². The summed E-state index contributed by atoms with van der Waals surface area (Å²) < 4.78 is 0. The molecule has 0 aliphatic rings. The van der Waals surface area contributed by atoms with E-state index >= 15 is 0 Å². The third-order valence-electron chi connectivity index (χ3n) is 4.00. The van der Waals surface area contributed by atoms with E-state index in [4.69, 9.17) is 0 Å². The molecular formula is C18H36IN5S. The van der Waals surface area contributed by atoms with Gasteiger partial charge in [-0.3, -0.25) is 4.99 Å². The summed E-state index contributed by atoms with van der Waals surface area (Å²) in [5.41, 5.74) is 0. The number of rotatable bonds is 11. The van der Waals surface area contributed by atoms with Gasteiger partial charge in [-0.05, 0) is 53.6 Å². The first-order valence-electron chi connectivity index (χ1n) is 9.22. The summed E-state index contributed by atoms with van der Waals surface area (Å²) >= 11 is 1.81. The van der Waals surface area contributed by atoms with Gasteiger partial charge >= 0.3 is 0 Å². The molecule has 0 amide bonds. The van der Waals surface area contributed by atoms with Gasteiger partial charge in [0, 0.05) is 43.2 Å². The maximum Gasteiger partial charge on any atom is 0.191 e. The van der Waals surface area contributed by atoms with Crippen molar-refractivity contribution >= 4 is 41.3 Å². The van der Waals surface area contributed by atoms with Crippen molar-refractivity contribution in [3.63, 3.8) is 0 Å². The van der Waals surface area contributed by atoms with E-state index in [0.717, 1.165) is 51.4 Å². The molecule has 1 heterocycles. The maximum absolute atomic E-state index is 4.67. The molecule has 0 bridgehead atoms. The van der Waals surface area contributed by atoms with E-state index in [1.54, 1.807) is 0 Å². The van der Waals surface area contributed by atoms with Crippen LogP contribution in [0.2, 0.25) is 0 Å². The summed E-state index contributed by atoms with van der Waals surface area (Å²) in [5, 5.41) is 7.92. The Morgan fingerprint density at radius 3 is 2.64 bits per heavy atom. The summed E-state index contributed by atoms with van der Waals surface area (Å²) in [6.07, 6.45) is 6.33. The van der Waals surface area contributed by atoms with Crippen LogP contribution in [0.25, 0.3) is 0 Å². The van der Waals surface area contributed by atoms with E-state index in [-0.39, 0.29) is 24.0 Å². The fourth-order valence-electron chi connectivity index (χ4n) is 2.18. The van der Waals surface area contributed by atoms with Crippen molar-refractivity contribution in [1.29, 1.82) is 0 Å². The Morgan fingerprint density at radius 2 is 2.04 bits per heavy atom. The Balaban J connectivity index is 0.00000576. The smallest absolute Gasteiger partial charge is 0.191 e. The summed E-state index contributed by atoms with van der Waals surface area (Å²) in [5.74, 6) is 0.919. The predicted octanol–water partition coefficient (Wildman–Crippen LogP) is 3.54. The highest BCUT2D eigenvalue weighted by Gasteiger charge is 2.03. The van der Waals surface area contributed by atoms with Gasteiger partial charge in [-0.25, -0.2) is 4.98 Å². The minimum atomic E-state index is 0. The van der Waals surface area contributed by atoms with Crippen LogP contribution in [-0.2, 0) is 12.8 Å². The molecule has 7 heteroatoms. The molecule has 2 N–H and O–H groups in total. The van der Waals surface area contributed by atoms with E-state index in [1.165, 1.54) is 16.3 Å². The first kappa shape index (κ1) is 24.6. The summed E-state index contributed by atoms with van der Waals surface area (Å²) in [6, 6.07) is 0.617. The zero-order chi connectivity index (χ0) is 17.8. The maximum atomic E-state index is 4.67. The van der Waals surface area contributed by atoms with Crippen LogP contribution >= 0.6 is 35.3 Å². The zero-order valence-corrected chi connectivity index (χ0v) is 19.6. The second kappa shape index (κ2) is 14.7. The van der Waals surface area contributed by atoms with Gasteiger partial charge in [-0.2, -0.15) is 0 Å². The first-order chi connectivity index (χ1) is 11.6. The van der Waals surface area contributed by atoms with Crippen molar-refractivity contribution in [3.8, 4) is 0 Å². The Bertz CT molecular complexity index is 476. The predicted molar refractivity (Wildman–Crippen MR) is 122 cm³/mol. The second-order valence-corrected chi connectivity index (χ2v) is 7.49. The van der Waals surface area contributed by atoms with Crippen molar-refractivity contribution in [1.82, 2.24) is 20.5 Å². The van der Waals surface area contributed by atoms with Crippen LogP contribution in [-0.4, -0.2) is 55.1 Å². The molecule has 5 nitrogen and oxygen atoms in total. The fourth-order valence-corrected chi connectivity index (χ4v) is 3.04. The molecule has 1 rings (SSSR count). The van der Waals surface area contributed by atoms with Crippen LogP contribution in [0.4, 0.5) is 0 Å². The van der Waals surface area contributed by atoms with Crippen molar-refractivity contribution in [3.05, 3.63) is 16.1 Å². The monoisotopic (exact) mass is 481 g/mol. The average Bonchev–Trinajstić information content (AvgIpc) is 3.02. The molecule has 0 radical (unpaired) electrons. The summed E-state index contributed by atoms with van der Waals surface area (Å²) in [4.78, 5) is 12.9. The van der Waals surface area contributed by atoms with Crippen LogP contribution in [0.5, 0.6) is 0 Å². The quantitative estimate of drug-likeness (QED) is 0.220. The van der Waals surface area contributed by atoms with Crippen LogP contribution in [0.1, 0.15) is 50.4 Å². The lowest BCUT2D eigenvalue weighted by Gasteiger charge is -2.20. The first-order valence-corrected chi connectivity index (χ1v) is 10.0. The topological polar surface area (TPSA) is 52.6 Å². The number of nitrogens with zero attached hydrogens (tertiary/aromatic N) is 3. The fraction of sp³-hybridized carbons (Fsp3) is 0.778. The van der Waals surface area contributed by atoms with Gasteiger partial charge < -0.3 is 15.5 Å². The Kier molecular flexibility index (Phi) is 14.5. The van der Waals surface area contributed by atoms with E-state index < -0.39 is 0 Å². The number of hydrogen-bond donors (Lipinski definition) is 2. The highest BCUT2D eigenvalue weighted by atomic mass is 127. The Hall–Kier alpha value is -0.410. The number of aryl methyl sites for hydroxylation is 1. The molecule has 25 heavy (non-hydrogen) atoms. The lowest BCUT2D eigenvalue weighted by Crippen LogP contribution is -2.38. The van der Waals surface area contributed by atoms with Crippen LogP contribution < -0.4 is 10.6 Å². The Labute approximate surface area is 175 Å². The van der Waals surface area contributed by atoms with Gasteiger partial charge in [-0.15, -0.1) is 35.3 Å². The molecule has 0 unspecified atom stereocenters. The van der Waals surface area contributed by atoms with E-state index in [0.29, 0.717) is 6.04 Å². The largest absolute Gasteiger partial charge is 0.357 e. The molecule has 0 fully saturated rings. The number of nitrogens with one attached hydrogen (secondary N) is 2. The van der Waals surface area contributed by atoms with E-state index in [2.05, 4.69) is 60.3 Å². The number of unbranched alkanes of at least 4 members (excludes halogenated alkanes) is 1. The number of guanidine groups is 1. The van der Waals surface area contributed by atoms with Gasteiger partial charge in [0.25, 0.3) is 0 Å². The normalized spacial score (nSPS) is 11.7. The zero-order valence-electron chi connectivity index (χ0n) is 16.5. The molecule has 0 saturated heterocycles. The molecule has 0 atom stereocenters. The van der Waals surface area contributed by atoms with Crippen molar-refractivity contribution in [2.75, 3.05) is 33.2 Å². The van der Waals surface area contributed by atoms with Crippen molar-refractivity contribution in [2.45, 2.75) is 59.4 Å². The van der Waals surface area contributed by atoms with E-state index in [9.17, 15) is 0 Å². The summed E-state index contributed by atoms with van der Waals surface area (Å²) in [7, 11) is 2.18. The number of aromatic nitrogens is 1. The van der Waals surface area contributed by atoms with Gasteiger partial charge in [0.2, 0.25) is 0 Å². The summed E-state index contributed by atoms with van der Waals surface area (Å²) in [6.45, 7) is 12.5. The second-order valence-electron chi connectivity index (χ2n) is 6.29. The van der Waals surface area contributed by atoms with Crippen LogP contribution in [0.3, 0.4) is 0 Å². The van der Waals surface area contributed by atoms with Gasteiger partial charge in [-0.1, -0.05) is 6.92 Å². The molecular weight excluding hydrogens is 445 g/mol. The minimum Gasteiger partial charge on any atom is -0.357 e. The highest BCUT2D eigenvalue weighted by Crippen LogP contribution is 2.13. The van der Waals surface area contributed by atoms with E-state index in [1.807, 2.05) is 17.5 Å². The molecule has 0 spiro atoms. The number of hydrogen-bond acceptors (Lipinski definition) is 4. The molecule has 1 aromatic rings. The van der Waals surface area contributed by atoms with Gasteiger partial charge in [0.1, 0.15) is 0 Å². The lowest BCUT2D eigenvalue weighted by atomic mass is 10.2. The standard InChI is InChI=1S/C18H35N5S.HI/c1-6-16-14-22-17(24-16)10-12-21-18(19-7-2)20-11-8-9-13-23(5)15(3)4;/h14-15H,6-13H2,1-5H3,(H2,19,20,21);1H. The van der Waals surface area contributed by atoms with Gasteiger partial charge in [0.05, 0.1) is 5.01 Å². The van der Waals surface area contributed by atoms with Gasteiger partial charge in [0.15, 0.2) is 5.96 Å².